The van der Waals surface area contributed by atoms with E-state index in [0.29, 0.717) is 6.54 Å². The number of carbonyl (C=O) groups is 2. The predicted octanol–water partition coefficient (Wildman–Crippen LogP) is 2.09. The minimum atomic E-state index is -0.552. The van der Waals surface area contributed by atoms with E-state index >= 15 is 0 Å². The Morgan fingerprint density at radius 1 is 1.13 bits per heavy atom. The number of hydrogen-bond donors (Lipinski definition) is 3. The van der Waals surface area contributed by atoms with Crippen LogP contribution in [0.5, 0.6) is 0 Å². The normalized spacial score (nSPS) is 28.6. The number of nitrogens with one attached hydrogen (secondary N) is 2. The molecule has 5 heterocycles. The molecule has 3 aliphatic heterocycles. The van der Waals surface area contributed by atoms with E-state index in [2.05, 4.69) is 25.6 Å². The number of aromatic nitrogens is 3. The number of nitrogens with two attached hydrogens (primary N) is 1. The molecule has 4 N–H and O–H groups in total. The van der Waals surface area contributed by atoms with Gasteiger partial charge in [0.15, 0.2) is 17.3 Å². The second-order valence-corrected chi connectivity index (χ2v) is 11.6. The van der Waals surface area contributed by atoms with Gasteiger partial charge in [-0.2, -0.15) is 0 Å². The molecular formula is C27H39FN8O2. The van der Waals surface area contributed by atoms with Crippen LogP contribution in [0.3, 0.4) is 0 Å². The SMILES string of the molecule is Nc1nn2cc(F)cnc2c1C(=O)NC1C(N2CC(=O)N3CCCC3C2)CCNC12CCCCCCCC2. The first kappa shape index (κ1) is 25.5. The smallest absolute Gasteiger partial charge is 0.259 e. The van der Waals surface area contributed by atoms with Crippen LogP contribution < -0.4 is 16.4 Å². The maximum absolute atomic E-state index is 13.9. The lowest BCUT2D eigenvalue weighted by Gasteiger charge is -2.54. The fourth-order valence-corrected chi connectivity index (χ4v) is 7.51. The van der Waals surface area contributed by atoms with E-state index in [4.69, 9.17) is 5.73 Å². The molecule has 6 rings (SSSR count). The third-order valence-corrected chi connectivity index (χ3v) is 9.32. The van der Waals surface area contributed by atoms with Crippen molar-refractivity contribution in [1.29, 1.82) is 0 Å². The number of anilines is 1. The van der Waals surface area contributed by atoms with Crippen LogP contribution in [0.1, 0.15) is 81.0 Å². The summed E-state index contributed by atoms with van der Waals surface area (Å²) in [6.07, 6.45) is 14.2. The number of fused-ring (bicyclic) bond motifs is 2. The summed E-state index contributed by atoms with van der Waals surface area (Å²) < 4.78 is 15.0. The molecule has 10 nitrogen and oxygen atoms in total. The first-order chi connectivity index (χ1) is 18.4. The lowest BCUT2D eigenvalue weighted by molar-refractivity contribution is -0.140. The van der Waals surface area contributed by atoms with E-state index in [-0.39, 0.29) is 52.5 Å². The monoisotopic (exact) mass is 526 g/mol. The maximum atomic E-state index is 13.9. The van der Waals surface area contributed by atoms with Crippen LogP contribution in [-0.2, 0) is 4.79 Å². The summed E-state index contributed by atoms with van der Waals surface area (Å²) >= 11 is 0. The zero-order chi connectivity index (χ0) is 26.3. The van der Waals surface area contributed by atoms with Gasteiger partial charge < -0.3 is 21.3 Å². The van der Waals surface area contributed by atoms with Crippen molar-refractivity contribution in [2.24, 2.45) is 0 Å². The van der Waals surface area contributed by atoms with Gasteiger partial charge in [0.1, 0.15) is 5.56 Å². The number of amides is 2. The molecule has 0 aromatic carbocycles. The van der Waals surface area contributed by atoms with E-state index in [1.807, 2.05) is 4.90 Å². The Balaban J connectivity index is 1.35. The van der Waals surface area contributed by atoms with E-state index in [9.17, 15) is 14.0 Å². The highest BCUT2D eigenvalue weighted by Crippen LogP contribution is 2.37. The molecule has 11 heteroatoms. The van der Waals surface area contributed by atoms with Gasteiger partial charge in [-0.15, -0.1) is 5.10 Å². The first-order valence-electron chi connectivity index (χ1n) is 14.3. The molecule has 4 fully saturated rings. The van der Waals surface area contributed by atoms with Crippen molar-refractivity contribution in [3.63, 3.8) is 0 Å². The Morgan fingerprint density at radius 3 is 2.68 bits per heavy atom. The van der Waals surface area contributed by atoms with Crippen molar-refractivity contribution < 1.29 is 14.0 Å². The van der Waals surface area contributed by atoms with Gasteiger partial charge in [-0.05, 0) is 38.6 Å². The predicted molar refractivity (Wildman–Crippen MR) is 141 cm³/mol. The Kier molecular flexibility index (Phi) is 6.98. The summed E-state index contributed by atoms with van der Waals surface area (Å²) in [5.74, 6) is -0.674. The molecule has 4 aliphatic rings. The largest absolute Gasteiger partial charge is 0.381 e. The van der Waals surface area contributed by atoms with Crippen LogP contribution in [0.4, 0.5) is 10.2 Å². The van der Waals surface area contributed by atoms with Gasteiger partial charge in [-0.3, -0.25) is 14.5 Å². The van der Waals surface area contributed by atoms with Gasteiger partial charge in [0, 0.05) is 30.7 Å². The minimum absolute atomic E-state index is 0.0270. The first-order valence-corrected chi connectivity index (χ1v) is 14.3. The Hall–Kier alpha value is -2.79. The third-order valence-electron chi connectivity index (χ3n) is 9.32. The average Bonchev–Trinajstić information content (AvgIpc) is 3.52. The maximum Gasteiger partial charge on any atom is 0.259 e. The Labute approximate surface area is 222 Å². The molecule has 2 aromatic rings. The number of nitrogens with zero attached hydrogens (tertiary/aromatic N) is 5. The highest BCUT2D eigenvalue weighted by Gasteiger charge is 2.50. The van der Waals surface area contributed by atoms with Gasteiger partial charge >= 0.3 is 0 Å². The van der Waals surface area contributed by atoms with Crippen molar-refractivity contribution in [2.45, 2.75) is 94.3 Å². The van der Waals surface area contributed by atoms with Crippen LogP contribution in [0, 0.1) is 5.82 Å². The van der Waals surface area contributed by atoms with E-state index in [1.54, 1.807) is 0 Å². The fourth-order valence-electron chi connectivity index (χ4n) is 7.51. The highest BCUT2D eigenvalue weighted by molar-refractivity contribution is 6.04. The standard InChI is InChI=1S/C27H39FN8O2/c28-18-14-30-25-22(24(29)33-36(25)15-18)26(38)32-23-20(34-16-19-8-7-13-35(19)21(37)17-34)9-12-31-27(23)10-5-3-1-2-4-6-11-27/h14-15,19-20,23,31H,1-13,16-17H2,(H2,29,33)(H,32,38). The van der Waals surface area contributed by atoms with Crippen LogP contribution >= 0.6 is 0 Å². The molecule has 2 aromatic heterocycles. The minimum Gasteiger partial charge on any atom is -0.381 e. The van der Waals surface area contributed by atoms with E-state index in [0.717, 1.165) is 70.8 Å². The summed E-state index contributed by atoms with van der Waals surface area (Å²) in [5.41, 5.74) is 6.31. The van der Waals surface area contributed by atoms with Crippen molar-refractivity contribution in [1.82, 2.24) is 35.0 Å². The van der Waals surface area contributed by atoms with Gasteiger partial charge in [0.05, 0.1) is 25.0 Å². The van der Waals surface area contributed by atoms with Crippen molar-refractivity contribution in [3.8, 4) is 0 Å². The molecule has 38 heavy (non-hydrogen) atoms. The molecule has 3 saturated heterocycles. The molecule has 1 aliphatic carbocycles. The van der Waals surface area contributed by atoms with Crippen molar-refractivity contribution >= 4 is 23.3 Å². The van der Waals surface area contributed by atoms with Gasteiger partial charge in [0.2, 0.25) is 5.91 Å². The summed E-state index contributed by atoms with van der Waals surface area (Å²) in [6, 6.07) is 0.0758. The summed E-state index contributed by atoms with van der Waals surface area (Å²) in [6.45, 7) is 2.95. The van der Waals surface area contributed by atoms with E-state index in [1.165, 1.54) is 36.4 Å². The number of carbonyl (C=O) groups excluding carboxylic acids is 2. The van der Waals surface area contributed by atoms with Crippen LogP contribution in [0.25, 0.3) is 5.65 Å². The third kappa shape index (κ3) is 4.64. The lowest BCUT2D eigenvalue weighted by Crippen LogP contribution is -2.73. The summed E-state index contributed by atoms with van der Waals surface area (Å²) in [5, 5.41) is 11.4. The van der Waals surface area contributed by atoms with Gasteiger partial charge in [0.25, 0.3) is 5.91 Å². The molecule has 206 valence electrons. The van der Waals surface area contributed by atoms with Gasteiger partial charge in [-0.25, -0.2) is 13.9 Å². The second kappa shape index (κ2) is 10.4. The highest BCUT2D eigenvalue weighted by atomic mass is 19.1. The molecule has 3 unspecified atom stereocenters. The summed E-state index contributed by atoms with van der Waals surface area (Å²) in [4.78, 5) is 35.5. The molecular weight excluding hydrogens is 487 g/mol. The average molecular weight is 527 g/mol. The van der Waals surface area contributed by atoms with E-state index < -0.39 is 5.82 Å². The zero-order valence-electron chi connectivity index (χ0n) is 22.0. The number of hydrogen-bond acceptors (Lipinski definition) is 7. The lowest BCUT2D eigenvalue weighted by atomic mass is 9.73. The topological polar surface area (TPSA) is 121 Å². The number of piperazine rings is 1. The summed E-state index contributed by atoms with van der Waals surface area (Å²) in [7, 11) is 0. The molecule has 3 atom stereocenters. The quantitative estimate of drug-likeness (QED) is 0.560. The molecule has 0 radical (unpaired) electrons. The molecule has 2 amide bonds. The van der Waals surface area contributed by atoms with Crippen molar-refractivity contribution in [2.75, 3.05) is 31.9 Å². The van der Waals surface area contributed by atoms with Crippen LogP contribution in [0.2, 0.25) is 0 Å². The van der Waals surface area contributed by atoms with Crippen LogP contribution in [-0.4, -0.2) is 86.1 Å². The molecule has 0 bridgehead atoms. The number of halogens is 1. The van der Waals surface area contributed by atoms with Crippen LogP contribution in [0.15, 0.2) is 12.4 Å². The Bertz CT molecular complexity index is 1190. The second-order valence-electron chi connectivity index (χ2n) is 11.6. The Morgan fingerprint density at radius 2 is 1.89 bits per heavy atom. The number of nitrogen functional groups attached to an aromatic ring is 1. The fraction of sp³-hybridized carbons (Fsp3) is 0.704. The number of rotatable bonds is 3. The molecule has 1 spiro atoms. The molecule has 1 saturated carbocycles. The number of piperidine rings is 1. The van der Waals surface area contributed by atoms with Gasteiger partial charge in [-0.1, -0.05) is 38.5 Å². The van der Waals surface area contributed by atoms with Crippen molar-refractivity contribution in [3.05, 3.63) is 23.8 Å². The zero-order valence-corrected chi connectivity index (χ0v) is 22.0.